The van der Waals surface area contributed by atoms with Gasteiger partial charge in [0.1, 0.15) is 11.6 Å². The van der Waals surface area contributed by atoms with E-state index in [0.29, 0.717) is 37.7 Å². The summed E-state index contributed by atoms with van der Waals surface area (Å²) >= 11 is 0. The van der Waals surface area contributed by atoms with Gasteiger partial charge in [-0.3, -0.25) is 14.5 Å². The van der Waals surface area contributed by atoms with E-state index >= 15 is 0 Å². The predicted octanol–water partition coefficient (Wildman–Crippen LogP) is 3.26. The zero-order valence-electron chi connectivity index (χ0n) is 17.1. The molecule has 0 saturated heterocycles. The lowest BCUT2D eigenvalue weighted by atomic mass is 10.0. The molecule has 1 aromatic rings. The molecule has 0 bridgehead atoms. The molecule has 0 spiro atoms. The van der Waals surface area contributed by atoms with E-state index in [-0.39, 0.29) is 17.7 Å². The number of aromatic nitrogens is 2. The zero-order chi connectivity index (χ0) is 19.6. The average Bonchev–Trinajstić information content (AvgIpc) is 3.14. The number of fused-ring (bicyclic) bond motifs is 1. The molecule has 0 unspecified atom stereocenters. The summed E-state index contributed by atoms with van der Waals surface area (Å²) in [6.07, 6.45) is 6.44. The maximum absolute atomic E-state index is 12.6. The monoisotopic (exact) mass is 372 g/mol. The van der Waals surface area contributed by atoms with E-state index in [4.69, 9.17) is 4.98 Å². The van der Waals surface area contributed by atoms with Crippen molar-refractivity contribution in [3.63, 3.8) is 0 Å². The Balaban J connectivity index is 1.80. The van der Waals surface area contributed by atoms with Crippen molar-refractivity contribution >= 4 is 17.6 Å². The van der Waals surface area contributed by atoms with E-state index in [9.17, 15) is 9.59 Å². The van der Waals surface area contributed by atoms with E-state index < -0.39 is 0 Å². The Hall–Kier alpha value is -1.98. The highest BCUT2D eigenvalue weighted by atomic mass is 16.2. The van der Waals surface area contributed by atoms with Crippen molar-refractivity contribution in [2.24, 2.45) is 11.8 Å². The summed E-state index contributed by atoms with van der Waals surface area (Å²) < 4.78 is 0. The predicted molar refractivity (Wildman–Crippen MR) is 105 cm³/mol. The third-order valence-corrected chi connectivity index (χ3v) is 5.77. The Morgan fingerprint density at radius 1 is 1.22 bits per heavy atom. The van der Waals surface area contributed by atoms with Gasteiger partial charge in [-0.2, -0.15) is 0 Å². The van der Waals surface area contributed by atoms with Gasteiger partial charge in [-0.15, -0.1) is 0 Å². The molecular formula is C21H32N4O2. The molecule has 2 amide bonds. The highest BCUT2D eigenvalue weighted by Crippen LogP contribution is 2.29. The van der Waals surface area contributed by atoms with Crippen molar-refractivity contribution in [2.75, 3.05) is 18.5 Å². The molecule has 2 heterocycles. The molecular weight excluding hydrogens is 340 g/mol. The maximum Gasteiger partial charge on any atom is 0.228 e. The lowest BCUT2D eigenvalue weighted by Gasteiger charge is -2.30. The van der Waals surface area contributed by atoms with Crippen LogP contribution in [0.5, 0.6) is 0 Å². The van der Waals surface area contributed by atoms with Crippen LogP contribution in [0.2, 0.25) is 0 Å². The maximum atomic E-state index is 12.6. The minimum atomic E-state index is 0.141. The molecule has 0 radical (unpaired) electrons. The van der Waals surface area contributed by atoms with Gasteiger partial charge in [-0.05, 0) is 38.5 Å². The standard InChI is InChI=1S/C21H32N4O2/c1-14(2)11-12-25-19(26)10-9-17-15(3)22-18(23-20(17)25)13-24(4)21(27)16-7-5-6-8-16/h14,16H,5-13H2,1-4H3. The molecule has 2 aliphatic rings. The number of carbonyl (C=O) groups excluding carboxylic acids is 2. The number of nitrogens with zero attached hydrogens (tertiary/aromatic N) is 4. The minimum Gasteiger partial charge on any atom is -0.338 e. The van der Waals surface area contributed by atoms with Gasteiger partial charge in [-0.25, -0.2) is 9.97 Å². The van der Waals surface area contributed by atoms with E-state index in [1.807, 2.05) is 18.9 Å². The fourth-order valence-electron chi connectivity index (χ4n) is 4.10. The molecule has 27 heavy (non-hydrogen) atoms. The SMILES string of the molecule is Cc1nc(CN(C)C(=O)C2CCCC2)nc2c1CCC(=O)N2CCC(C)C. The third-order valence-electron chi connectivity index (χ3n) is 5.77. The molecule has 6 nitrogen and oxygen atoms in total. The molecule has 0 aromatic carbocycles. The third kappa shape index (κ3) is 4.47. The molecule has 148 valence electrons. The van der Waals surface area contributed by atoms with Crippen LogP contribution in [-0.4, -0.2) is 40.3 Å². The molecule has 1 aliphatic carbocycles. The zero-order valence-corrected chi connectivity index (χ0v) is 17.1. The van der Waals surface area contributed by atoms with Gasteiger partial charge in [0.2, 0.25) is 11.8 Å². The number of anilines is 1. The fraction of sp³-hybridized carbons (Fsp3) is 0.714. The molecule has 6 heteroatoms. The molecule has 1 aromatic heterocycles. The lowest BCUT2D eigenvalue weighted by Crippen LogP contribution is -2.38. The van der Waals surface area contributed by atoms with Crippen LogP contribution in [0.15, 0.2) is 0 Å². The summed E-state index contributed by atoms with van der Waals surface area (Å²) in [5.74, 6) is 2.40. The second kappa shape index (κ2) is 8.36. The first kappa shape index (κ1) is 19.8. The van der Waals surface area contributed by atoms with Crippen molar-refractivity contribution < 1.29 is 9.59 Å². The quantitative estimate of drug-likeness (QED) is 0.769. The topological polar surface area (TPSA) is 66.4 Å². The Morgan fingerprint density at radius 3 is 2.59 bits per heavy atom. The van der Waals surface area contributed by atoms with Crippen LogP contribution in [0.3, 0.4) is 0 Å². The highest BCUT2D eigenvalue weighted by Gasteiger charge is 2.29. The number of rotatable bonds is 6. The van der Waals surface area contributed by atoms with Crippen LogP contribution < -0.4 is 4.90 Å². The molecule has 0 atom stereocenters. The van der Waals surface area contributed by atoms with Crippen LogP contribution in [-0.2, 0) is 22.6 Å². The first-order valence-corrected chi connectivity index (χ1v) is 10.3. The molecule has 1 saturated carbocycles. The van der Waals surface area contributed by atoms with E-state index in [0.717, 1.165) is 49.2 Å². The highest BCUT2D eigenvalue weighted by molar-refractivity contribution is 5.95. The van der Waals surface area contributed by atoms with E-state index in [1.165, 1.54) is 0 Å². The number of carbonyl (C=O) groups is 2. The van der Waals surface area contributed by atoms with Gasteiger partial charge in [-0.1, -0.05) is 26.7 Å². The lowest BCUT2D eigenvalue weighted by molar-refractivity contribution is -0.134. The van der Waals surface area contributed by atoms with Gasteiger partial charge in [0.25, 0.3) is 0 Å². The van der Waals surface area contributed by atoms with Crippen molar-refractivity contribution in [3.05, 3.63) is 17.1 Å². The average molecular weight is 373 g/mol. The van der Waals surface area contributed by atoms with Crippen LogP contribution in [0.4, 0.5) is 5.82 Å². The summed E-state index contributed by atoms with van der Waals surface area (Å²) in [4.78, 5) is 38.1. The van der Waals surface area contributed by atoms with Crippen molar-refractivity contribution in [2.45, 2.75) is 72.3 Å². The molecule has 1 fully saturated rings. The van der Waals surface area contributed by atoms with Gasteiger partial charge in [0, 0.05) is 37.2 Å². The molecule has 3 rings (SSSR count). The van der Waals surface area contributed by atoms with Gasteiger partial charge in [0.15, 0.2) is 0 Å². The Morgan fingerprint density at radius 2 is 1.93 bits per heavy atom. The van der Waals surface area contributed by atoms with E-state index in [2.05, 4.69) is 18.8 Å². The molecule has 1 aliphatic heterocycles. The Labute approximate surface area is 162 Å². The normalized spacial score (nSPS) is 17.5. The van der Waals surface area contributed by atoms with Crippen LogP contribution in [0.1, 0.15) is 69.5 Å². The van der Waals surface area contributed by atoms with Crippen LogP contribution >= 0.6 is 0 Å². The summed E-state index contributed by atoms with van der Waals surface area (Å²) in [6, 6.07) is 0. The van der Waals surface area contributed by atoms with Crippen LogP contribution in [0, 0.1) is 18.8 Å². The summed E-state index contributed by atoms with van der Waals surface area (Å²) in [5.41, 5.74) is 2.01. The van der Waals surface area contributed by atoms with Crippen molar-refractivity contribution in [1.29, 1.82) is 0 Å². The fourth-order valence-corrected chi connectivity index (χ4v) is 4.10. The number of hydrogen-bond donors (Lipinski definition) is 0. The van der Waals surface area contributed by atoms with Gasteiger partial charge < -0.3 is 4.90 Å². The first-order valence-electron chi connectivity index (χ1n) is 10.3. The van der Waals surface area contributed by atoms with Gasteiger partial charge in [0.05, 0.1) is 6.54 Å². The Bertz CT molecular complexity index is 710. The van der Waals surface area contributed by atoms with Crippen molar-refractivity contribution in [1.82, 2.24) is 14.9 Å². The first-order chi connectivity index (χ1) is 12.9. The largest absolute Gasteiger partial charge is 0.338 e. The number of amides is 2. The van der Waals surface area contributed by atoms with E-state index in [1.54, 1.807) is 4.90 Å². The smallest absolute Gasteiger partial charge is 0.228 e. The number of hydrogen-bond acceptors (Lipinski definition) is 4. The minimum absolute atomic E-state index is 0.141. The second-order valence-corrected chi connectivity index (χ2v) is 8.43. The summed E-state index contributed by atoms with van der Waals surface area (Å²) in [6.45, 7) is 7.40. The molecule has 0 N–H and O–H groups in total. The van der Waals surface area contributed by atoms with Gasteiger partial charge >= 0.3 is 0 Å². The summed E-state index contributed by atoms with van der Waals surface area (Å²) in [5, 5.41) is 0. The summed E-state index contributed by atoms with van der Waals surface area (Å²) in [7, 11) is 1.83. The van der Waals surface area contributed by atoms with Crippen LogP contribution in [0.25, 0.3) is 0 Å². The van der Waals surface area contributed by atoms with Crippen molar-refractivity contribution in [3.8, 4) is 0 Å². The second-order valence-electron chi connectivity index (χ2n) is 8.43. The Kier molecular flexibility index (Phi) is 6.12. The number of aryl methyl sites for hydroxylation is 1.